The third kappa shape index (κ3) is 4.58. The lowest BCUT2D eigenvalue weighted by Crippen LogP contribution is -2.32. The third-order valence-corrected chi connectivity index (χ3v) is 7.98. The van der Waals surface area contributed by atoms with Crippen LogP contribution in [0, 0.1) is 19.7 Å². The molecular weight excluding hydrogens is 417 g/mol. The first-order valence-electron chi connectivity index (χ1n) is 8.71. The minimum atomic E-state index is -4.06. The van der Waals surface area contributed by atoms with Gasteiger partial charge in [0, 0.05) is 6.54 Å². The number of hydrogen-bond donors (Lipinski definition) is 1. The van der Waals surface area contributed by atoms with Crippen LogP contribution < -0.4 is 4.72 Å². The van der Waals surface area contributed by atoms with E-state index in [1.54, 1.807) is 12.1 Å². The Bertz CT molecular complexity index is 1200. The monoisotopic (exact) mass is 437 g/mol. The van der Waals surface area contributed by atoms with Crippen LogP contribution in [0.25, 0.3) is 0 Å². The summed E-state index contributed by atoms with van der Waals surface area (Å²) in [5, 5.41) is -1.27. The van der Waals surface area contributed by atoms with Crippen LogP contribution in [-0.4, -0.2) is 23.4 Å². The van der Waals surface area contributed by atoms with E-state index < -0.39 is 37.5 Å². The van der Waals surface area contributed by atoms with Gasteiger partial charge in [-0.25, -0.2) is 25.9 Å². The van der Waals surface area contributed by atoms with Crippen molar-refractivity contribution in [2.45, 2.75) is 28.9 Å². The molecule has 0 saturated carbocycles. The topological polar surface area (TPSA) is 93.5 Å². The quantitative estimate of drug-likeness (QED) is 0.610. The van der Waals surface area contributed by atoms with Crippen LogP contribution in [0.5, 0.6) is 0 Å². The fraction of sp³-hybridized carbons (Fsp3) is 0.200. The summed E-state index contributed by atoms with van der Waals surface area (Å²) in [6, 6.07) is 12.6. The first-order valence-corrected chi connectivity index (χ1v) is 11.7. The molecule has 0 fully saturated rings. The Hall–Kier alpha value is -2.49. The van der Waals surface area contributed by atoms with Crippen molar-refractivity contribution in [2.24, 2.45) is 0 Å². The molecule has 2 aromatic carbocycles. The number of sulfone groups is 1. The summed E-state index contributed by atoms with van der Waals surface area (Å²) in [6.07, 6.45) is 1.32. The Kier molecular flexibility index (Phi) is 5.92. The Morgan fingerprint density at radius 1 is 0.966 bits per heavy atom. The van der Waals surface area contributed by atoms with Gasteiger partial charge in [-0.1, -0.05) is 17.7 Å². The van der Waals surface area contributed by atoms with Gasteiger partial charge in [0.25, 0.3) is 0 Å². The molecule has 1 atom stereocenters. The van der Waals surface area contributed by atoms with Gasteiger partial charge >= 0.3 is 0 Å². The molecule has 0 aliphatic rings. The second-order valence-electron chi connectivity index (χ2n) is 6.63. The summed E-state index contributed by atoms with van der Waals surface area (Å²) >= 11 is 0. The van der Waals surface area contributed by atoms with Crippen molar-refractivity contribution in [1.29, 1.82) is 0 Å². The molecule has 1 unspecified atom stereocenters. The Morgan fingerprint density at radius 3 is 2.21 bits per heavy atom. The highest BCUT2D eigenvalue weighted by Gasteiger charge is 2.33. The minimum absolute atomic E-state index is 0.0568. The summed E-state index contributed by atoms with van der Waals surface area (Å²) in [5.74, 6) is -0.414. The van der Waals surface area contributed by atoms with Crippen molar-refractivity contribution in [2.75, 3.05) is 6.54 Å². The number of rotatable bonds is 7. The average Bonchev–Trinajstić information content (AvgIpc) is 3.18. The van der Waals surface area contributed by atoms with E-state index in [9.17, 15) is 21.2 Å². The van der Waals surface area contributed by atoms with E-state index in [0.717, 1.165) is 17.7 Å². The predicted molar refractivity (Wildman–Crippen MR) is 106 cm³/mol. The molecule has 0 spiro atoms. The lowest BCUT2D eigenvalue weighted by atomic mass is 10.2. The van der Waals surface area contributed by atoms with Gasteiger partial charge < -0.3 is 4.42 Å². The molecular formula is C20H20FNO5S2. The van der Waals surface area contributed by atoms with Crippen LogP contribution >= 0.6 is 0 Å². The number of furan rings is 1. The maximum atomic E-state index is 13.5. The molecule has 0 saturated heterocycles. The lowest BCUT2D eigenvalue weighted by Gasteiger charge is -2.17. The summed E-state index contributed by atoms with van der Waals surface area (Å²) < 4.78 is 72.6. The van der Waals surface area contributed by atoms with Crippen molar-refractivity contribution < 1.29 is 25.6 Å². The van der Waals surface area contributed by atoms with Crippen molar-refractivity contribution in [3.8, 4) is 0 Å². The molecule has 3 aromatic rings. The number of hydrogen-bond acceptors (Lipinski definition) is 5. The zero-order valence-electron chi connectivity index (χ0n) is 15.8. The van der Waals surface area contributed by atoms with E-state index >= 15 is 0 Å². The van der Waals surface area contributed by atoms with E-state index in [0.29, 0.717) is 0 Å². The number of nitrogens with one attached hydrogen (secondary N) is 1. The summed E-state index contributed by atoms with van der Waals surface area (Å²) in [6.45, 7) is 2.84. The highest BCUT2D eigenvalue weighted by Crippen LogP contribution is 2.29. The van der Waals surface area contributed by atoms with Crippen LogP contribution in [0.2, 0.25) is 0 Å². The van der Waals surface area contributed by atoms with Gasteiger partial charge in [-0.05, 0) is 61.9 Å². The SMILES string of the molecule is Cc1ccc(S(=O)(=O)C(CNS(=O)(=O)c2ccc(F)c(C)c2)c2ccco2)cc1. The van der Waals surface area contributed by atoms with Crippen molar-refractivity contribution >= 4 is 19.9 Å². The van der Waals surface area contributed by atoms with Crippen molar-refractivity contribution in [3.63, 3.8) is 0 Å². The van der Waals surface area contributed by atoms with Gasteiger partial charge in [-0.2, -0.15) is 0 Å². The van der Waals surface area contributed by atoms with Gasteiger partial charge in [0.1, 0.15) is 16.8 Å². The van der Waals surface area contributed by atoms with E-state index in [1.807, 2.05) is 6.92 Å². The highest BCUT2D eigenvalue weighted by atomic mass is 32.2. The normalized spacial score (nSPS) is 13.3. The van der Waals surface area contributed by atoms with Gasteiger partial charge in [0.2, 0.25) is 10.0 Å². The molecule has 1 aromatic heterocycles. The zero-order chi connectivity index (χ0) is 21.2. The van der Waals surface area contributed by atoms with E-state index in [4.69, 9.17) is 4.42 Å². The van der Waals surface area contributed by atoms with Crippen molar-refractivity contribution in [1.82, 2.24) is 4.72 Å². The number of benzene rings is 2. The van der Waals surface area contributed by atoms with Gasteiger partial charge in [-0.15, -0.1) is 0 Å². The summed E-state index contributed by atoms with van der Waals surface area (Å²) in [5.41, 5.74) is 1.06. The number of halogens is 1. The fourth-order valence-electron chi connectivity index (χ4n) is 2.78. The molecule has 154 valence electrons. The second-order valence-corrected chi connectivity index (χ2v) is 10.5. The molecule has 3 rings (SSSR count). The van der Waals surface area contributed by atoms with Crippen LogP contribution in [0.1, 0.15) is 22.1 Å². The molecule has 29 heavy (non-hydrogen) atoms. The lowest BCUT2D eigenvalue weighted by molar-refractivity contribution is 0.486. The molecule has 0 amide bonds. The highest BCUT2D eigenvalue weighted by molar-refractivity contribution is 7.92. The maximum absolute atomic E-state index is 13.5. The van der Waals surface area contributed by atoms with E-state index in [-0.39, 0.29) is 21.1 Å². The Morgan fingerprint density at radius 2 is 1.62 bits per heavy atom. The van der Waals surface area contributed by atoms with Crippen LogP contribution in [0.4, 0.5) is 4.39 Å². The zero-order valence-corrected chi connectivity index (χ0v) is 17.4. The molecule has 0 radical (unpaired) electrons. The van der Waals surface area contributed by atoms with E-state index in [1.165, 1.54) is 43.5 Å². The van der Waals surface area contributed by atoms with Crippen LogP contribution in [0.3, 0.4) is 0 Å². The van der Waals surface area contributed by atoms with Crippen LogP contribution in [0.15, 0.2) is 75.1 Å². The van der Waals surface area contributed by atoms with Gasteiger partial charge in [-0.3, -0.25) is 0 Å². The van der Waals surface area contributed by atoms with Gasteiger partial charge in [0.05, 0.1) is 16.1 Å². The Labute approximate surface area is 169 Å². The molecule has 1 heterocycles. The Balaban J connectivity index is 1.93. The molecule has 1 N–H and O–H groups in total. The van der Waals surface area contributed by atoms with Crippen LogP contribution in [-0.2, 0) is 19.9 Å². The largest absolute Gasteiger partial charge is 0.468 e. The molecule has 0 aliphatic carbocycles. The smallest absolute Gasteiger partial charge is 0.240 e. The molecule has 0 aliphatic heterocycles. The molecule has 6 nitrogen and oxygen atoms in total. The fourth-order valence-corrected chi connectivity index (χ4v) is 5.61. The molecule has 0 bridgehead atoms. The number of aryl methyl sites for hydroxylation is 2. The van der Waals surface area contributed by atoms with Gasteiger partial charge in [0.15, 0.2) is 9.84 Å². The first kappa shape index (κ1) is 21.2. The second kappa shape index (κ2) is 8.10. The third-order valence-electron chi connectivity index (χ3n) is 4.48. The maximum Gasteiger partial charge on any atom is 0.240 e. The average molecular weight is 438 g/mol. The minimum Gasteiger partial charge on any atom is -0.468 e. The molecule has 9 heteroatoms. The van der Waals surface area contributed by atoms with E-state index in [2.05, 4.69) is 4.72 Å². The first-order chi connectivity index (χ1) is 13.6. The summed E-state index contributed by atoms with van der Waals surface area (Å²) in [7, 11) is -8.00. The predicted octanol–water partition coefficient (Wildman–Crippen LogP) is 3.53. The summed E-state index contributed by atoms with van der Waals surface area (Å²) in [4.78, 5) is -0.0938. The standard InChI is InChI=1S/C20H20FNO5S2/c1-14-5-7-16(8-6-14)28(23,24)20(19-4-3-11-27-19)13-22-29(25,26)17-9-10-18(21)15(2)12-17/h3-12,20,22H,13H2,1-2H3. The number of sulfonamides is 1. The van der Waals surface area contributed by atoms with Crippen molar-refractivity contribution in [3.05, 3.63) is 83.6 Å².